The summed E-state index contributed by atoms with van der Waals surface area (Å²) in [5.74, 6) is -1.16. The first-order chi connectivity index (χ1) is 14.0. The van der Waals surface area contributed by atoms with Crippen LogP contribution >= 0.6 is 11.8 Å². The Morgan fingerprint density at radius 1 is 1.14 bits per heavy atom. The lowest BCUT2D eigenvalue weighted by Crippen LogP contribution is -2.37. The lowest BCUT2D eigenvalue weighted by Gasteiger charge is -2.13. The Labute approximate surface area is 172 Å². The van der Waals surface area contributed by atoms with E-state index in [1.807, 2.05) is 12.1 Å². The lowest BCUT2D eigenvalue weighted by molar-refractivity contribution is -0.122. The number of hydrogen-bond acceptors (Lipinski definition) is 4. The molecule has 5 nitrogen and oxygen atoms in total. The molecular formula is C22H19FN2O3S. The minimum atomic E-state index is -0.477. The maximum Gasteiger partial charge on any atom is 0.293 e. The van der Waals surface area contributed by atoms with Gasteiger partial charge in [-0.25, -0.2) is 4.39 Å². The molecular weight excluding hydrogens is 391 g/mol. The molecule has 0 spiro atoms. The number of aryl methyl sites for hydroxylation is 2. The van der Waals surface area contributed by atoms with Gasteiger partial charge in [-0.3, -0.25) is 19.3 Å². The molecule has 29 heavy (non-hydrogen) atoms. The van der Waals surface area contributed by atoms with Gasteiger partial charge in [0.1, 0.15) is 5.82 Å². The summed E-state index contributed by atoms with van der Waals surface area (Å²) in [6.45, 7) is 0.219. The monoisotopic (exact) mass is 410 g/mol. The molecule has 0 saturated carbocycles. The quantitative estimate of drug-likeness (QED) is 0.762. The van der Waals surface area contributed by atoms with Crippen molar-refractivity contribution < 1.29 is 18.8 Å². The topological polar surface area (TPSA) is 66.5 Å². The zero-order chi connectivity index (χ0) is 20.4. The average molecular weight is 410 g/mol. The first-order valence-electron chi connectivity index (χ1n) is 9.43. The Morgan fingerprint density at radius 3 is 2.76 bits per heavy atom. The fourth-order valence-electron chi connectivity index (χ4n) is 3.52. The van der Waals surface area contributed by atoms with Gasteiger partial charge in [0.15, 0.2) is 0 Å². The van der Waals surface area contributed by atoms with Crippen LogP contribution in [-0.2, 0) is 17.6 Å². The fraction of sp³-hybridized carbons (Fsp3) is 0.227. The van der Waals surface area contributed by atoms with E-state index in [4.69, 9.17) is 0 Å². The number of nitrogens with zero attached hydrogens (tertiary/aromatic N) is 1. The summed E-state index contributed by atoms with van der Waals surface area (Å²) in [6.07, 6.45) is 4.53. The molecule has 148 valence electrons. The van der Waals surface area contributed by atoms with E-state index in [1.54, 1.807) is 24.3 Å². The van der Waals surface area contributed by atoms with Gasteiger partial charge in [-0.15, -0.1) is 0 Å². The third-order valence-electron chi connectivity index (χ3n) is 5.05. The van der Waals surface area contributed by atoms with E-state index >= 15 is 0 Å². The second-order valence-corrected chi connectivity index (χ2v) is 7.94. The summed E-state index contributed by atoms with van der Waals surface area (Å²) >= 11 is 0.773. The van der Waals surface area contributed by atoms with Crippen LogP contribution in [-0.4, -0.2) is 35.0 Å². The number of fused-ring (bicyclic) bond motifs is 1. The average Bonchev–Trinajstić information content (AvgIpc) is 3.28. The molecule has 0 bridgehead atoms. The van der Waals surface area contributed by atoms with Gasteiger partial charge < -0.3 is 5.32 Å². The van der Waals surface area contributed by atoms with E-state index in [0.717, 1.165) is 35.9 Å². The van der Waals surface area contributed by atoms with Crippen molar-refractivity contribution >= 4 is 34.9 Å². The molecule has 2 aliphatic rings. The highest BCUT2D eigenvalue weighted by Gasteiger charge is 2.34. The number of amides is 3. The maximum atomic E-state index is 13.8. The van der Waals surface area contributed by atoms with Crippen LogP contribution in [0.5, 0.6) is 0 Å². The number of carbonyl (C=O) groups is 3. The molecule has 0 aromatic heterocycles. The number of thioether (sulfide) groups is 1. The first kappa shape index (κ1) is 19.4. The number of nitrogens with one attached hydrogen (secondary N) is 1. The predicted molar refractivity (Wildman–Crippen MR) is 110 cm³/mol. The van der Waals surface area contributed by atoms with Crippen molar-refractivity contribution in [1.82, 2.24) is 10.2 Å². The van der Waals surface area contributed by atoms with Gasteiger partial charge in [0.25, 0.3) is 17.1 Å². The Kier molecular flexibility index (Phi) is 5.49. The Morgan fingerprint density at radius 2 is 1.93 bits per heavy atom. The number of rotatable bonds is 5. The van der Waals surface area contributed by atoms with Crippen molar-refractivity contribution in [2.45, 2.75) is 19.3 Å². The zero-order valence-electron chi connectivity index (χ0n) is 15.6. The molecule has 1 fully saturated rings. The number of benzene rings is 2. The van der Waals surface area contributed by atoms with E-state index < -0.39 is 17.0 Å². The smallest absolute Gasteiger partial charge is 0.293 e. The van der Waals surface area contributed by atoms with Gasteiger partial charge in [0.05, 0.1) is 4.91 Å². The lowest BCUT2D eigenvalue weighted by atomic mass is 10.1. The van der Waals surface area contributed by atoms with Crippen molar-refractivity contribution in [2.75, 3.05) is 13.1 Å². The Balaban J connectivity index is 1.36. The van der Waals surface area contributed by atoms with E-state index in [0.29, 0.717) is 5.56 Å². The number of imide groups is 1. The van der Waals surface area contributed by atoms with E-state index in [-0.39, 0.29) is 29.5 Å². The van der Waals surface area contributed by atoms with Crippen molar-refractivity contribution in [3.05, 3.63) is 75.4 Å². The molecule has 2 aromatic carbocycles. The van der Waals surface area contributed by atoms with Gasteiger partial charge in [0, 0.05) is 24.2 Å². The number of carbonyl (C=O) groups excluding carboxylic acids is 3. The highest BCUT2D eigenvalue weighted by Crippen LogP contribution is 2.32. The van der Waals surface area contributed by atoms with Gasteiger partial charge >= 0.3 is 0 Å². The minimum absolute atomic E-state index is 0.0654. The molecule has 1 N–H and O–H groups in total. The standard InChI is InChI=1S/C22H19FN2O3S/c23-18-7-2-1-4-16(18)13-19-21(27)25(22(28)29-19)11-10-24-20(26)17-9-8-14-5-3-6-15(14)12-17/h1-2,4,7-9,12-13H,3,5-6,10-11H2,(H,24,26)/b19-13-. The molecule has 7 heteroatoms. The van der Waals surface area contributed by atoms with Crippen LogP contribution in [0.15, 0.2) is 47.4 Å². The van der Waals surface area contributed by atoms with Gasteiger partial charge in [-0.05, 0) is 66.4 Å². The molecule has 1 saturated heterocycles. The van der Waals surface area contributed by atoms with Crippen molar-refractivity contribution in [1.29, 1.82) is 0 Å². The fourth-order valence-corrected chi connectivity index (χ4v) is 4.38. The molecule has 4 rings (SSSR count). The van der Waals surface area contributed by atoms with Gasteiger partial charge in [-0.1, -0.05) is 24.3 Å². The Hall–Kier alpha value is -2.93. The summed E-state index contributed by atoms with van der Waals surface area (Å²) in [4.78, 5) is 38.3. The summed E-state index contributed by atoms with van der Waals surface area (Å²) in [7, 11) is 0. The molecule has 0 atom stereocenters. The molecule has 1 aliphatic heterocycles. The van der Waals surface area contributed by atoms with Crippen LogP contribution in [0.25, 0.3) is 6.08 Å². The van der Waals surface area contributed by atoms with E-state index in [1.165, 1.54) is 23.3 Å². The summed E-state index contributed by atoms with van der Waals surface area (Å²) in [6, 6.07) is 11.8. The zero-order valence-corrected chi connectivity index (χ0v) is 16.4. The van der Waals surface area contributed by atoms with E-state index in [2.05, 4.69) is 5.32 Å². The largest absolute Gasteiger partial charge is 0.350 e. The third-order valence-corrected chi connectivity index (χ3v) is 5.95. The molecule has 0 radical (unpaired) electrons. The van der Waals surface area contributed by atoms with E-state index in [9.17, 15) is 18.8 Å². The first-order valence-corrected chi connectivity index (χ1v) is 10.2. The van der Waals surface area contributed by atoms with Crippen molar-refractivity contribution in [3.63, 3.8) is 0 Å². The Bertz CT molecular complexity index is 1030. The van der Waals surface area contributed by atoms with Crippen LogP contribution in [0.4, 0.5) is 9.18 Å². The predicted octanol–water partition coefficient (Wildman–Crippen LogP) is 3.78. The molecule has 1 heterocycles. The molecule has 1 aliphatic carbocycles. The molecule has 0 unspecified atom stereocenters. The molecule has 2 aromatic rings. The highest BCUT2D eigenvalue weighted by atomic mass is 32.2. The summed E-state index contributed by atoms with van der Waals surface area (Å²) in [5, 5.41) is 2.33. The van der Waals surface area contributed by atoms with Crippen molar-refractivity contribution in [2.24, 2.45) is 0 Å². The second kappa shape index (κ2) is 8.21. The van der Waals surface area contributed by atoms with Gasteiger partial charge in [-0.2, -0.15) is 0 Å². The highest BCUT2D eigenvalue weighted by molar-refractivity contribution is 8.18. The van der Waals surface area contributed by atoms with Crippen LogP contribution in [0.3, 0.4) is 0 Å². The summed E-state index contributed by atoms with van der Waals surface area (Å²) in [5.41, 5.74) is 3.34. The van der Waals surface area contributed by atoms with Gasteiger partial charge in [0.2, 0.25) is 0 Å². The number of halogens is 1. The minimum Gasteiger partial charge on any atom is -0.350 e. The second-order valence-electron chi connectivity index (χ2n) is 6.95. The van der Waals surface area contributed by atoms with Crippen LogP contribution in [0.2, 0.25) is 0 Å². The van der Waals surface area contributed by atoms with Crippen molar-refractivity contribution in [3.8, 4) is 0 Å². The number of hydrogen-bond donors (Lipinski definition) is 1. The van der Waals surface area contributed by atoms with Crippen LogP contribution in [0, 0.1) is 5.82 Å². The SMILES string of the molecule is O=C(NCCN1C(=O)S/C(=C\c2ccccc2F)C1=O)c1ccc2c(c1)CCC2. The van der Waals surface area contributed by atoms with Crippen LogP contribution < -0.4 is 5.32 Å². The summed E-state index contributed by atoms with van der Waals surface area (Å²) < 4.78 is 13.8. The third kappa shape index (κ3) is 4.10. The normalized spacial score (nSPS) is 17.1. The van der Waals surface area contributed by atoms with Crippen LogP contribution in [0.1, 0.15) is 33.5 Å². The maximum absolute atomic E-state index is 13.8. The molecule has 3 amide bonds.